The van der Waals surface area contributed by atoms with E-state index >= 15 is 0 Å². The highest BCUT2D eigenvalue weighted by atomic mass is 35.5. The molecule has 2 N–H and O–H groups in total. The third kappa shape index (κ3) is 6.08. The van der Waals surface area contributed by atoms with Crippen molar-refractivity contribution in [2.75, 3.05) is 20.2 Å². The maximum atomic E-state index is 5.83. The highest BCUT2D eigenvalue weighted by Gasteiger charge is 2.02. The Hall–Kier alpha value is -1.79. The Bertz CT molecular complexity index is 627. The lowest BCUT2D eigenvalue weighted by molar-refractivity contribution is 0.322. The van der Waals surface area contributed by atoms with Crippen molar-refractivity contribution in [1.29, 1.82) is 0 Å². The van der Waals surface area contributed by atoms with Crippen molar-refractivity contribution in [3.8, 4) is 5.75 Å². The van der Waals surface area contributed by atoms with Gasteiger partial charge in [0.25, 0.3) is 0 Å². The third-order valence-electron chi connectivity index (χ3n) is 3.06. The summed E-state index contributed by atoms with van der Waals surface area (Å²) < 4.78 is 5.62. The quantitative estimate of drug-likeness (QED) is 0.456. The second-order valence-electron chi connectivity index (χ2n) is 4.73. The summed E-state index contributed by atoms with van der Waals surface area (Å²) in [6.45, 7) is 3.99. The molecule has 0 aliphatic heterocycles. The van der Waals surface area contributed by atoms with Gasteiger partial charge in [0, 0.05) is 23.1 Å². The largest absolute Gasteiger partial charge is 0.492 e. The van der Waals surface area contributed by atoms with Crippen molar-refractivity contribution >= 4 is 28.9 Å². The van der Waals surface area contributed by atoms with Gasteiger partial charge in [0.1, 0.15) is 17.4 Å². The summed E-state index contributed by atoms with van der Waals surface area (Å²) in [6, 6.07) is 7.32. The van der Waals surface area contributed by atoms with E-state index in [1.54, 1.807) is 18.4 Å². The number of hydrogen-bond acceptors (Lipinski definition) is 4. The molecule has 1 aromatic carbocycles. The third-order valence-corrected chi connectivity index (χ3v) is 4.45. The molecule has 7 heteroatoms. The standard InChI is InChI=1S/C16H21ClN4OS/c1-3-14-10-20-15(23-14)11-21-16(18-2)19-8-9-22-13-6-4-12(17)5-7-13/h4-7,10H,3,8-9,11H2,1-2H3,(H2,18,19,21). The van der Waals surface area contributed by atoms with Gasteiger partial charge in [-0.15, -0.1) is 11.3 Å². The predicted molar refractivity (Wildman–Crippen MR) is 96.6 cm³/mol. The fraction of sp³-hybridized carbons (Fsp3) is 0.375. The molecule has 0 unspecified atom stereocenters. The van der Waals surface area contributed by atoms with E-state index in [1.807, 2.05) is 30.5 Å². The number of benzene rings is 1. The molecule has 0 amide bonds. The summed E-state index contributed by atoms with van der Waals surface area (Å²) in [4.78, 5) is 9.85. The highest BCUT2D eigenvalue weighted by molar-refractivity contribution is 7.11. The number of ether oxygens (including phenoxy) is 1. The predicted octanol–water partition coefficient (Wildman–Crippen LogP) is 3.10. The highest BCUT2D eigenvalue weighted by Crippen LogP contribution is 2.15. The number of nitrogens with zero attached hydrogens (tertiary/aromatic N) is 2. The van der Waals surface area contributed by atoms with Gasteiger partial charge in [-0.05, 0) is 30.7 Å². The smallest absolute Gasteiger partial charge is 0.191 e. The fourth-order valence-corrected chi connectivity index (χ4v) is 2.77. The zero-order valence-corrected chi connectivity index (χ0v) is 14.9. The number of hydrogen-bond donors (Lipinski definition) is 2. The first-order valence-electron chi connectivity index (χ1n) is 7.47. The van der Waals surface area contributed by atoms with Crippen LogP contribution in [0.25, 0.3) is 0 Å². The van der Waals surface area contributed by atoms with Crippen molar-refractivity contribution in [2.45, 2.75) is 19.9 Å². The number of halogens is 1. The van der Waals surface area contributed by atoms with Crippen LogP contribution < -0.4 is 15.4 Å². The summed E-state index contributed by atoms with van der Waals surface area (Å²) in [7, 11) is 1.74. The van der Waals surface area contributed by atoms with Gasteiger partial charge in [0.2, 0.25) is 0 Å². The van der Waals surface area contributed by atoms with Gasteiger partial charge in [-0.25, -0.2) is 4.98 Å². The van der Waals surface area contributed by atoms with Crippen LogP contribution in [0.5, 0.6) is 5.75 Å². The first-order valence-corrected chi connectivity index (χ1v) is 8.67. The second-order valence-corrected chi connectivity index (χ2v) is 6.36. The van der Waals surface area contributed by atoms with Crippen LogP contribution in [0.3, 0.4) is 0 Å². The van der Waals surface area contributed by atoms with Crippen LogP contribution >= 0.6 is 22.9 Å². The molecule has 0 saturated carbocycles. The normalized spacial score (nSPS) is 11.3. The van der Waals surface area contributed by atoms with Crippen molar-refractivity contribution in [2.24, 2.45) is 4.99 Å². The molecule has 0 aliphatic carbocycles. The molecule has 0 radical (unpaired) electrons. The monoisotopic (exact) mass is 352 g/mol. The van der Waals surface area contributed by atoms with E-state index in [-0.39, 0.29) is 0 Å². The number of aliphatic imine (C=N–C) groups is 1. The van der Waals surface area contributed by atoms with Crippen molar-refractivity contribution < 1.29 is 4.74 Å². The zero-order chi connectivity index (χ0) is 16.5. The summed E-state index contributed by atoms with van der Waals surface area (Å²) in [5.41, 5.74) is 0. The molecule has 2 rings (SSSR count). The minimum atomic E-state index is 0.541. The molecule has 5 nitrogen and oxygen atoms in total. The van der Waals surface area contributed by atoms with E-state index in [1.165, 1.54) is 4.88 Å². The molecule has 0 saturated heterocycles. The molecule has 23 heavy (non-hydrogen) atoms. The molecule has 1 aromatic heterocycles. The van der Waals surface area contributed by atoms with Gasteiger partial charge in [-0.3, -0.25) is 4.99 Å². The van der Waals surface area contributed by atoms with Crippen LogP contribution in [-0.2, 0) is 13.0 Å². The van der Waals surface area contributed by atoms with Gasteiger partial charge in [-0.2, -0.15) is 0 Å². The fourth-order valence-electron chi connectivity index (χ4n) is 1.84. The first-order chi connectivity index (χ1) is 11.2. The second kappa shape index (κ2) is 9.37. The Labute approximate surface area is 145 Å². The number of nitrogens with one attached hydrogen (secondary N) is 2. The maximum absolute atomic E-state index is 5.83. The number of thiazole rings is 1. The SMILES string of the molecule is CCc1cnc(CNC(=NC)NCCOc2ccc(Cl)cc2)s1. The topological polar surface area (TPSA) is 58.5 Å². The summed E-state index contributed by atoms with van der Waals surface area (Å²) in [5.74, 6) is 1.53. The molecular formula is C16H21ClN4OS. The average molecular weight is 353 g/mol. The number of aryl methyl sites for hydroxylation is 1. The van der Waals surface area contributed by atoms with Crippen LogP contribution in [0.1, 0.15) is 16.8 Å². The van der Waals surface area contributed by atoms with Crippen LogP contribution in [0, 0.1) is 0 Å². The lowest BCUT2D eigenvalue weighted by Gasteiger charge is -2.11. The van der Waals surface area contributed by atoms with Crippen molar-refractivity contribution in [3.05, 3.63) is 45.4 Å². The first kappa shape index (κ1) is 17.6. The molecular weight excluding hydrogens is 332 g/mol. The molecule has 0 spiro atoms. The Balaban J connectivity index is 1.67. The Morgan fingerprint density at radius 1 is 1.30 bits per heavy atom. The maximum Gasteiger partial charge on any atom is 0.191 e. The number of aromatic nitrogens is 1. The average Bonchev–Trinajstić information content (AvgIpc) is 3.04. The molecule has 0 bridgehead atoms. The van der Waals surface area contributed by atoms with E-state index in [0.29, 0.717) is 24.7 Å². The summed E-state index contributed by atoms with van der Waals surface area (Å²) >= 11 is 7.55. The Kier molecular flexibility index (Phi) is 7.16. The van der Waals surface area contributed by atoms with Crippen LogP contribution in [-0.4, -0.2) is 31.1 Å². The van der Waals surface area contributed by atoms with Gasteiger partial charge in [0.15, 0.2) is 5.96 Å². The van der Waals surface area contributed by atoms with E-state index in [2.05, 4.69) is 27.5 Å². The minimum Gasteiger partial charge on any atom is -0.492 e. The summed E-state index contributed by atoms with van der Waals surface area (Å²) in [5, 5.41) is 8.21. The Morgan fingerprint density at radius 2 is 2.09 bits per heavy atom. The summed E-state index contributed by atoms with van der Waals surface area (Å²) in [6.07, 6.45) is 2.95. The lowest BCUT2D eigenvalue weighted by atomic mass is 10.3. The van der Waals surface area contributed by atoms with E-state index in [4.69, 9.17) is 16.3 Å². The van der Waals surface area contributed by atoms with Crippen molar-refractivity contribution in [1.82, 2.24) is 15.6 Å². The van der Waals surface area contributed by atoms with E-state index in [9.17, 15) is 0 Å². The molecule has 124 valence electrons. The van der Waals surface area contributed by atoms with E-state index < -0.39 is 0 Å². The Morgan fingerprint density at radius 3 is 2.74 bits per heavy atom. The minimum absolute atomic E-state index is 0.541. The molecule has 0 atom stereocenters. The van der Waals surface area contributed by atoms with Gasteiger partial charge < -0.3 is 15.4 Å². The van der Waals surface area contributed by atoms with Crippen molar-refractivity contribution in [3.63, 3.8) is 0 Å². The van der Waals surface area contributed by atoms with Crippen LogP contribution in [0.15, 0.2) is 35.5 Å². The van der Waals surface area contributed by atoms with Crippen LogP contribution in [0.2, 0.25) is 5.02 Å². The van der Waals surface area contributed by atoms with E-state index in [0.717, 1.165) is 23.1 Å². The van der Waals surface area contributed by atoms with Gasteiger partial charge >= 0.3 is 0 Å². The molecule has 1 heterocycles. The molecule has 0 fully saturated rings. The van der Waals surface area contributed by atoms with Gasteiger partial charge in [0.05, 0.1) is 13.1 Å². The molecule has 0 aliphatic rings. The lowest BCUT2D eigenvalue weighted by Crippen LogP contribution is -2.38. The zero-order valence-electron chi connectivity index (χ0n) is 13.3. The number of rotatable bonds is 7. The number of guanidine groups is 1. The molecule has 2 aromatic rings. The van der Waals surface area contributed by atoms with Crippen LogP contribution in [0.4, 0.5) is 0 Å². The van der Waals surface area contributed by atoms with Gasteiger partial charge in [-0.1, -0.05) is 18.5 Å².